The zero-order valence-corrected chi connectivity index (χ0v) is 17.5. The third-order valence-electron chi connectivity index (χ3n) is 5.80. The van der Waals surface area contributed by atoms with Gasteiger partial charge in [0, 0.05) is 0 Å². The maximum atomic E-state index is 11.1. The van der Waals surface area contributed by atoms with Crippen molar-refractivity contribution in [2.24, 2.45) is 0 Å². The molecule has 0 bridgehead atoms. The van der Waals surface area contributed by atoms with E-state index in [1.54, 1.807) is 0 Å². The summed E-state index contributed by atoms with van der Waals surface area (Å²) in [7, 11) is 0. The van der Waals surface area contributed by atoms with E-state index in [9.17, 15) is 4.79 Å². The predicted molar refractivity (Wildman–Crippen MR) is 109 cm³/mol. The lowest BCUT2D eigenvalue weighted by Crippen LogP contribution is -2.51. The molecule has 0 unspecified atom stereocenters. The summed E-state index contributed by atoms with van der Waals surface area (Å²) in [6.07, 6.45) is 19.2. The molecule has 25 heavy (non-hydrogen) atoms. The van der Waals surface area contributed by atoms with Gasteiger partial charge in [0.1, 0.15) is 0 Å². The molecular weight excluding hydrogens is 310 g/mol. The van der Waals surface area contributed by atoms with Crippen molar-refractivity contribution in [2.75, 3.05) is 26.2 Å². The predicted octanol–water partition coefficient (Wildman–Crippen LogP) is 6.41. The topological polar surface area (TPSA) is 37.3 Å². The number of aliphatic carboxylic acids is 1. The average Bonchev–Trinajstić information content (AvgIpc) is 2.60. The Kier molecular flexibility index (Phi) is 16.5. The monoisotopic (exact) mass is 356 g/mol. The third kappa shape index (κ3) is 14.3. The first-order valence-corrected chi connectivity index (χ1v) is 11.2. The van der Waals surface area contributed by atoms with Crippen molar-refractivity contribution in [3.63, 3.8) is 0 Å². The van der Waals surface area contributed by atoms with Crippen LogP contribution in [-0.2, 0) is 4.79 Å². The van der Waals surface area contributed by atoms with Crippen LogP contribution in [0.25, 0.3) is 0 Å². The van der Waals surface area contributed by atoms with Crippen molar-refractivity contribution in [3.05, 3.63) is 0 Å². The zero-order chi connectivity index (χ0) is 18.8. The van der Waals surface area contributed by atoms with Crippen LogP contribution >= 0.6 is 0 Å². The minimum Gasteiger partial charge on any atom is -0.477 e. The summed E-state index contributed by atoms with van der Waals surface area (Å²) < 4.78 is 0.744. The van der Waals surface area contributed by atoms with Gasteiger partial charge in [-0.25, -0.2) is 4.79 Å². The zero-order valence-electron chi connectivity index (χ0n) is 17.5. The fraction of sp³-hybridized carbons (Fsp3) is 0.955. The Morgan fingerprint density at radius 2 is 1.00 bits per heavy atom. The van der Waals surface area contributed by atoms with Crippen LogP contribution in [0.15, 0.2) is 0 Å². The molecule has 150 valence electrons. The van der Waals surface area contributed by atoms with Crippen LogP contribution in [0, 0.1) is 0 Å². The number of likely N-dealkylation sites (N-methyl/N-ethyl adjacent to an activating group) is 1. The maximum absolute atomic E-state index is 11.1. The second-order valence-electron chi connectivity index (χ2n) is 7.85. The molecule has 0 rings (SSSR count). The van der Waals surface area contributed by atoms with Gasteiger partial charge in [-0.15, -0.1) is 0 Å². The van der Waals surface area contributed by atoms with E-state index in [2.05, 4.69) is 20.8 Å². The van der Waals surface area contributed by atoms with Crippen LogP contribution in [0.4, 0.5) is 0 Å². The number of carbonyl (C=O) groups is 1. The Labute approximate surface area is 157 Å². The van der Waals surface area contributed by atoms with Crippen LogP contribution in [0.3, 0.4) is 0 Å². The molecule has 3 heteroatoms. The molecule has 0 amide bonds. The van der Waals surface area contributed by atoms with E-state index in [0.29, 0.717) is 0 Å². The van der Waals surface area contributed by atoms with E-state index in [1.807, 2.05) is 0 Å². The minimum atomic E-state index is -0.658. The Balaban J connectivity index is 3.44. The van der Waals surface area contributed by atoms with Crippen LogP contribution in [0.5, 0.6) is 0 Å². The Hall–Kier alpha value is -0.570. The number of hydrogen-bond acceptors (Lipinski definition) is 1. The van der Waals surface area contributed by atoms with Crippen molar-refractivity contribution < 1.29 is 14.4 Å². The summed E-state index contributed by atoms with van der Waals surface area (Å²) in [5, 5.41) is 9.11. The quantitative estimate of drug-likeness (QED) is 0.214. The van der Waals surface area contributed by atoms with Crippen molar-refractivity contribution in [2.45, 2.75) is 111 Å². The molecule has 0 aromatic carbocycles. The normalized spacial score (nSPS) is 11.8. The molecule has 0 aromatic heterocycles. The van der Waals surface area contributed by atoms with E-state index in [4.69, 9.17) is 5.11 Å². The third-order valence-corrected chi connectivity index (χ3v) is 5.80. The molecule has 0 radical (unpaired) electrons. The number of quaternary nitrogens is 1. The van der Waals surface area contributed by atoms with Crippen molar-refractivity contribution in [1.29, 1.82) is 0 Å². The van der Waals surface area contributed by atoms with Gasteiger partial charge in [-0.3, -0.25) is 0 Å². The minimum absolute atomic E-state index is 0.283. The number of unbranched alkanes of at least 4 members (excludes halogenated alkanes) is 13. The highest BCUT2D eigenvalue weighted by atomic mass is 16.4. The molecule has 0 aliphatic heterocycles. The van der Waals surface area contributed by atoms with Crippen LogP contribution < -0.4 is 0 Å². The van der Waals surface area contributed by atoms with E-state index in [-0.39, 0.29) is 6.54 Å². The van der Waals surface area contributed by atoms with Crippen LogP contribution in [-0.4, -0.2) is 41.7 Å². The molecule has 0 aliphatic carbocycles. The van der Waals surface area contributed by atoms with Gasteiger partial charge in [0.15, 0.2) is 6.54 Å². The van der Waals surface area contributed by atoms with E-state index in [1.165, 1.54) is 89.9 Å². The highest BCUT2D eigenvalue weighted by molar-refractivity contribution is 5.67. The van der Waals surface area contributed by atoms with Gasteiger partial charge in [0.05, 0.1) is 19.6 Å². The van der Waals surface area contributed by atoms with Gasteiger partial charge in [0.2, 0.25) is 0 Å². The number of hydrogen-bond donors (Lipinski definition) is 1. The number of rotatable bonds is 19. The van der Waals surface area contributed by atoms with Gasteiger partial charge in [-0.05, 0) is 26.7 Å². The summed E-state index contributed by atoms with van der Waals surface area (Å²) in [6.45, 7) is 9.69. The first kappa shape index (κ1) is 24.4. The second-order valence-corrected chi connectivity index (χ2v) is 7.85. The largest absolute Gasteiger partial charge is 0.477 e. The lowest BCUT2D eigenvalue weighted by Gasteiger charge is -2.35. The fourth-order valence-electron chi connectivity index (χ4n) is 3.77. The van der Waals surface area contributed by atoms with Crippen molar-refractivity contribution >= 4 is 5.97 Å². The molecule has 0 spiro atoms. The van der Waals surface area contributed by atoms with Gasteiger partial charge >= 0.3 is 5.97 Å². The van der Waals surface area contributed by atoms with Gasteiger partial charge in [-0.2, -0.15) is 0 Å². The van der Waals surface area contributed by atoms with Crippen molar-refractivity contribution in [3.8, 4) is 0 Å². The molecule has 1 N–H and O–H groups in total. The Morgan fingerprint density at radius 3 is 1.32 bits per heavy atom. The second kappa shape index (κ2) is 16.9. The molecule has 0 saturated heterocycles. The summed E-state index contributed by atoms with van der Waals surface area (Å²) in [4.78, 5) is 11.1. The smallest absolute Gasteiger partial charge is 0.359 e. The Bertz CT molecular complexity index is 300. The van der Waals surface area contributed by atoms with Crippen molar-refractivity contribution in [1.82, 2.24) is 0 Å². The van der Waals surface area contributed by atoms with Crippen LogP contribution in [0.2, 0.25) is 0 Å². The maximum Gasteiger partial charge on any atom is 0.359 e. The molecule has 3 nitrogen and oxygen atoms in total. The van der Waals surface area contributed by atoms with Crippen LogP contribution in [0.1, 0.15) is 111 Å². The lowest BCUT2D eigenvalue weighted by molar-refractivity contribution is -0.918. The summed E-state index contributed by atoms with van der Waals surface area (Å²) in [5.41, 5.74) is 0. The number of carboxylic acids is 1. The van der Waals surface area contributed by atoms with E-state index < -0.39 is 5.97 Å². The summed E-state index contributed by atoms with van der Waals surface area (Å²) in [6, 6.07) is 0. The highest BCUT2D eigenvalue weighted by Gasteiger charge is 2.25. The van der Waals surface area contributed by atoms with E-state index in [0.717, 1.165) is 24.1 Å². The first-order chi connectivity index (χ1) is 12.1. The number of nitrogens with zero attached hydrogens (tertiary/aromatic N) is 1. The number of carboxylic acid groups (broad SMARTS) is 1. The molecule has 0 saturated carbocycles. The fourth-order valence-corrected chi connectivity index (χ4v) is 3.77. The molecule has 0 aliphatic rings. The Morgan fingerprint density at radius 1 is 0.640 bits per heavy atom. The SMILES string of the molecule is CCCCCCCCCCCCCCCC[N+](CC)(CC)CC(=O)O. The summed E-state index contributed by atoms with van der Waals surface area (Å²) in [5.74, 6) is -0.658. The van der Waals surface area contributed by atoms with E-state index >= 15 is 0 Å². The molecule has 0 fully saturated rings. The van der Waals surface area contributed by atoms with Gasteiger partial charge in [0.25, 0.3) is 0 Å². The first-order valence-electron chi connectivity index (χ1n) is 11.2. The average molecular weight is 357 g/mol. The molecule has 0 aromatic rings. The standard InChI is InChI=1S/C22H45NO2/c1-4-7-8-9-10-11-12-13-14-15-16-17-18-19-20-23(5-2,6-3)21-22(24)25/h4-21H2,1-3H3/p+1. The summed E-state index contributed by atoms with van der Waals surface area (Å²) >= 11 is 0. The van der Waals surface area contributed by atoms with Gasteiger partial charge < -0.3 is 9.59 Å². The highest BCUT2D eigenvalue weighted by Crippen LogP contribution is 2.14. The lowest BCUT2D eigenvalue weighted by atomic mass is 10.0. The molecule has 0 atom stereocenters. The molecule has 0 heterocycles. The molecular formula is C22H46NO2+. The van der Waals surface area contributed by atoms with Gasteiger partial charge in [-0.1, -0.05) is 84.0 Å².